The molecule has 0 spiro atoms. The first kappa shape index (κ1) is 40.3. The molecule has 0 fully saturated rings. The molecule has 6 nitrogen and oxygen atoms in total. The van der Waals surface area contributed by atoms with E-state index in [0.717, 1.165) is 65.4 Å². The fourth-order valence-corrected chi connectivity index (χ4v) is 5.79. The molecule has 0 aromatic heterocycles. The highest BCUT2D eigenvalue weighted by molar-refractivity contribution is 5.69. The normalized spacial score (nSPS) is 13.4. The first-order valence-corrected chi connectivity index (χ1v) is 17.5. The van der Waals surface area contributed by atoms with Crippen molar-refractivity contribution in [2.45, 2.75) is 150 Å². The van der Waals surface area contributed by atoms with Gasteiger partial charge in [0.15, 0.2) is 0 Å². The van der Waals surface area contributed by atoms with Crippen molar-refractivity contribution in [1.29, 1.82) is 0 Å². The number of phenols is 2. The number of phenolic OH excluding ortho intramolecular Hbond substituents is 2. The third kappa shape index (κ3) is 12.6. The van der Waals surface area contributed by atoms with E-state index in [9.17, 15) is 19.8 Å². The zero-order valence-electron chi connectivity index (χ0n) is 31.6. The molecule has 1 unspecified atom stereocenters. The minimum atomic E-state index is -0.249. The van der Waals surface area contributed by atoms with Crippen molar-refractivity contribution < 1.29 is 29.3 Å². The van der Waals surface area contributed by atoms with E-state index in [1.54, 1.807) is 0 Å². The Labute approximate surface area is 285 Å². The van der Waals surface area contributed by atoms with Gasteiger partial charge < -0.3 is 24.5 Å². The summed E-state index contributed by atoms with van der Waals surface area (Å²) < 4.78 is 11.4. The van der Waals surface area contributed by atoms with Crippen LogP contribution in [0.4, 0.5) is 0 Å². The summed E-state index contributed by atoms with van der Waals surface area (Å²) in [5.41, 5.74) is 4.85. The van der Waals surface area contributed by atoms with Gasteiger partial charge in [-0.3, -0.25) is 4.79 Å². The number of esters is 1. The van der Waals surface area contributed by atoms with Crippen LogP contribution in [0.1, 0.15) is 149 Å². The van der Waals surface area contributed by atoms with E-state index in [1.807, 2.05) is 24.3 Å². The van der Waals surface area contributed by atoms with Gasteiger partial charge in [0.25, 0.3) is 0 Å². The molecule has 1 atom stereocenters. The Hall–Kier alpha value is -2.86. The van der Waals surface area contributed by atoms with Gasteiger partial charge in [0.05, 0.1) is 13.2 Å². The zero-order valence-corrected chi connectivity index (χ0v) is 31.6. The second-order valence-electron chi connectivity index (χ2n) is 17.4. The highest BCUT2D eigenvalue weighted by atomic mass is 16.5. The Balaban J connectivity index is 1.74. The quantitative estimate of drug-likeness (QED) is 0.113. The first-order valence-electron chi connectivity index (χ1n) is 17.5. The van der Waals surface area contributed by atoms with Crippen LogP contribution < -0.4 is 0 Å². The van der Waals surface area contributed by atoms with Gasteiger partial charge >= 0.3 is 5.97 Å². The molecule has 2 N–H and O–H groups in total. The average molecular weight is 653 g/mol. The van der Waals surface area contributed by atoms with Crippen LogP contribution in [-0.4, -0.2) is 42.3 Å². The lowest BCUT2D eigenvalue weighted by atomic mass is 9.77. The molecule has 2 aromatic rings. The molecule has 0 saturated carbocycles. The Bertz CT molecular complexity index is 1260. The molecular formula is C41H64O6. The highest BCUT2D eigenvalue weighted by Crippen LogP contribution is 2.41. The Morgan fingerprint density at radius 3 is 1.47 bits per heavy atom. The number of aldehydes is 1. The van der Waals surface area contributed by atoms with Crippen LogP contribution in [-0.2, 0) is 53.6 Å². The van der Waals surface area contributed by atoms with Crippen LogP contribution in [0.3, 0.4) is 0 Å². The molecule has 0 aliphatic carbocycles. The molecule has 47 heavy (non-hydrogen) atoms. The van der Waals surface area contributed by atoms with E-state index < -0.39 is 0 Å². The molecule has 0 aliphatic heterocycles. The van der Waals surface area contributed by atoms with Crippen LogP contribution in [0.2, 0.25) is 0 Å². The van der Waals surface area contributed by atoms with E-state index in [4.69, 9.17) is 9.47 Å². The molecule has 0 radical (unpaired) electrons. The molecule has 2 rings (SSSR count). The van der Waals surface area contributed by atoms with Crippen molar-refractivity contribution in [1.82, 2.24) is 0 Å². The molecule has 264 valence electrons. The van der Waals surface area contributed by atoms with Gasteiger partial charge in [0.2, 0.25) is 0 Å². The lowest BCUT2D eigenvalue weighted by Gasteiger charge is -2.28. The maximum absolute atomic E-state index is 12.5. The fourth-order valence-electron chi connectivity index (χ4n) is 5.79. The van der Waals surface area contributed by atoms with Crippen molar-refractivity contribution in [3.8, 4) is 11.5 Å². The smallest absolute Gasteiger partial charge is 0.306 e. The number of hydrogen-bond acceptors (Lipinski definition) is 6. The largest absolute Gasteiger partial charge is 0.507 e. The maximum Gasteiger partial charge on any atom is 0.306 e. The molecule has 0 bridgehead atoms. The number of aryl methyl sites for hydroxylation is 1. The van der Waals surface area contributed by atoms with E-state index in [-0.39, 0.29) is 33.5 Å². The average Bonchev–Trinajstić information content (AvgIpc) is 2.93. The standard InChI is InChI=1S/C41H64O6/c1-38(2,3)31-22-28(23-32(36(31)44)39(4,5)6)17-18-35(43)47-20-16-14-13-15-19-46-27-30(26-42)21-29-24-33(40(7,8)9)37(45)34(25-29)41(10,11)12/h22-26,30,44-45H,13-21,27H2,1-12H3. The summed E-state index contributed by atoms with van der Waals surface area (Å²) in [5, 5.41) is 21.9. The van der Waals surface area contributed by atoms with Crippen LogP contribution in [0.25, 0.3) is 0 Å². The Morgan fingerprint density at radius 1 is 0.660 bits per heavy atom. The van der Waals surface area contributed by atoms with Gasteiger partial charge in [-0.05, 0) is 87.1 Å². The number of rotatable bonds is 15. The van der Waals surface area contributed by atoms with Gasteiger partial charge in [-0.1, -0.05) is 114 Å². The summed E-state index contributed by atoms with van der Waals surface area (Å²) >= 11 is 0. The first-order chi connectivity index (χ1) is 21.6. The van der Waals surface area contributed by atoms with Crippen molar-refractivity contribution in [3.05, 3.63) is 57.6 Å². The van der Waals surface area contributed by atoms with Gasteiger partial charge in [-0.25, -0.2) is 0 Å². The van der Waals surface area contributed by atoms with Crippen LogP contribution in [0.5, 0.6) is 11.5 Å². The van der Waals surface area contributed by atoms with Gasteiger partial charge in [-0.2, -0.15) is 0 Å². The predicted octanol–water partition coefficient (Wildman–Crippen LogP) is 9.40. The van der Waals surface area contributed by atoms with E-state index in [1.165, 1.54) is 0 Å². The molecule has 2 aromatic carbocycles. The third-order valence-corrected chi connectivity index (χ3v) is 8.66. The minimum absolute atomic E-state index is 0.200. The number of hydrogen-bond donors (Lipinski definition) is 2. The molecule has 0 saturated heterocycles. The summed E-state index contributed by atoms with van der Waals surface area (Å²) in [6.07, 6.45) is 6.02. The number of ether oxygens (including phenoxy) is 2. The summed E-state index contributed by atoms with van der Waals surface area (Å²) in [4.78, 5) is 24.4. The molecule has 0 aliphatic rings. The van der Waals surface area contributed by atoms with E-state index in [0.29, 0.717) is 50.6 Å². The van der Waals surface area contributed by atoms with Gasteiger partial charge in [0, 0.05) is 18.9 Å². The van der Waals surface area contributed by atoms with Gasteiger partial charge in [0.1, 0.15) is 17.8 Å². The monoisotopic (exact) mass is 652 g/mol. The summed E-state index contributed by atoms with van der Waals surface area (Å²) in [5.74, 6) is 0.250. The van der Waals surface area contributed by atoms with Crippen LogP contribution in [0.15, 0.2) is 24.3 Å². The zero-order chi connectivity index (χ0) is 35.8. The molecule has 0 amide bonds. The summed E-state index contributed by atoms with van der Waals surface area (Å²) in [6.45, 7) is 26.4. The number of benzene rings is 2. The number of carbonyl (C=O) groups excluding carboxylic acids is 2. The van der Waals surface area contributed by atoms with Crippen LogP contribution in [0, 0.1) is 5.92 Å². The predicted molar refractivity (Wildman–Crippen MR) is 193 cm³/mol. The Morgan fingerprint density at radius 2 is 1.06 bits per heavy atom. The molecule has 0 heterocycles. The van der Waals surface area contributed by atoms with Crippen molar-refractivity contribution >= 4 is 12.3 Å². The maximum atomic E-state index is 12.5. The fraction of sp³-hybridized carbons (Fsp3) is 0.659. The van der Waals surface area contributed by atoms with E-state index in [2.05, 4.69) is 83.1 Å². The minimum Gasteiger partial charge on any atom is -0.507 e. The SMILES string of the molecule is CC(C)(C)c1cc(CCC(=O)OCCCCCCOCC(C=O)Cc2cc(C(C)(C)C)c(O)c(C(C)(C)C)c2)cc(C(C)(C)C)c1O. The van der Waals surface area contributed by atoms with E-state index >= 15 is 0 Å². The lowest BCUT2D eigenvalue weighted by Crippen LogP contribution is -2.20. The number of carbonyl (C=O) groups is 2. The molecular weight excluding hydrogens is 588 g/mol. The van der Waals surface area contributed by atoms with Gasteiger partial charge in [-0.15, -0.1) is 0 Å². The lowest BCUT2D eigenvalue weighted by molar-refractivity contribution is -0.143. The molecule has 6 heteroatoms. The van der Waals surface area contributed by atoms with Crippen molar-refractivity contribution in [2.75, 3.05) is 19.8 Å². The van der Waals surface area contributed by atoms with Crippen molar-refractivity contribution in [3.63, 3.8) is 0 Å². The second kappa shape index (κ2) is 16.5. The van der Waals surface area contributed by atoms with Crippen LogP contribution >= 0.6 is 0 Å². The highest BCUT2D eigenvalue weighted by Gasteiger charge is 2.28. The summed E-state index contributed by atoms with van der Waals surface area (Å²) in [6, 6.07) is 8.12. The summed E-state index contributed by atoms with van der Waals surface area (Å²) in [7, 11) is 0. The number of unbranched alkanes of at least 4 members (excludes halogenated alkanes) is 3. The Kier molecular flexibility index (Phi) is 14.2. The topological polar surface area (TPSA) is 93.1 Å². The third-order valence-electron chi connectivity index (χ3n) is 8.66. The number of aromatic hydroxyl groups is 2. The second-order valence-corrected chi connectivity index (χ2v) is 17.4. The van der Waals surface area contributed by atoms with Crippen molar-refractivity contribution in [2.24, 2.45) is 5.92 Å².